The van der Waals surface area contributed by atoms with E-state index in [0.29, 0.717) is 13.1 Å². The Hall–Kier alpha value is -0.610. The van der Waals surface area contributed by atoms with Crippen LogP contribution in [-0.4, -0.2) is 25.0 Å². The minimum absolute atomic E-state index is 0.136. The summed E-state index contributed by atoms with van der Waals surface area (Å²) in [5.41, 5.74) is 11.2. The van der Waals surface area contributed by atoms with Gasteiger partial charge in [-0.1, -0.05) is 6.42 Å². The summed E-state index contributed by atoms with van der Waals surface area (Å²) in [6.45, 7) is 1.32. The van der Waals surface area contributed by atoms with Crippen LogP contribution in [0.1, 0.15) is 32.1 Å². The first-order chi connectivity index (χ1) is 6.74. The van der Waals surface area contributed by atoms with E-state index in [9.17, 15) is 4.79 Å². The number of nitrogens with two attached hydrogens (primary N) is 2. The molecule has 1 aliphatic rings. The Morgan fingerprint density at radius 3 is 2.86 bits per heavy atom. The maximum atomic E-state index is 11.6. The molecule has 2 atom stereocenters. The fourth-order valence-electron chi connectivity index (χ4n) is 1.92. The molecule has 0 saturated heterocycles. The Labute approximate surface area is 85.4 Å². The molecular formula is C10H21N3O. The van der Waals surface area contributed by atoms with E-state index in [2.05, 4.69) is 5.32 Å². The van der Waals surface area contributed by atoms with Gasteiger partial charge in [0.25, 0.3) is 0 Å². The molecule has 4 heteroatoms. The maximum absolute atomic E-state index is 11.6. The Bertz CT molecular complexity index is 184. The molecule has 1 amide bonds. The molecule has 0 aromatic carbocycles. The molecule has 0 bridgehead atoms. The van der Waals surface area contributed by atoms with Crippen molar-refractivity contribution in [2.75, 3.05) is 13.1 Å². The van der Waals surface area contributed by atoms with E-state index >= 15 is 0 Å². The van der Waals surface area contributed by atoms with E-state index in [0.717, 1.165) is 32.1 Å². The predicted molar refractivity (Wildman–Crippen MR) is 56.6 cm³/mol. The van der Waals surface area contributed by atoms with Gasteiger partial charge in [-0.2, -0.15) is 0 Å². The molecule has 4 nitrogen and oxygen atoms in total. The average molecular weight is 199 g/mol. The van der Waals surface area contributed by atoms with Gasteiger partial charge in [-0.15, -0.1) is 0 Å². The lowest BCUT2D eigenvalue weighted by molar-refractivity contribution is -0.126. The molecule has 0 aromatic rings. The van der Waals surface area contributed by atoms with E-state index in [1.165, 1.54) is 0 Å². The number of nitrogens with one attached hydrogen (secondary N) is 1. The van der Waals surface area contributed by atoms with Crippen molar-refractivity contribution in [1.82, 2.24) is 5.32 Å². The fraction of sp³-hybridized carbons (Fsp3) is 0.900. The van der Waals surface area contributed by atoms with Gasteiger partial charge in [0.2, 0.25) is 5.91 Å². The lowest BCUT2D eigenvalue weighted by atomic mass is 9.85. The minimum Gasteiger partial charge on any atom is -0.356 e. The van der Waals surface area contributed by atoms with Gasteiger partial charge in [0.05, 0.1) is 0 Å². The zero-order valence-electron chi connectivity index (χ0n) is 8.67. The van der Waals surface area contributed by atoms with Crippen molar-refractivity contribution < 1.29 is 4.79 Å². The third kappa shape index (κ3) is 3.64. The molecule has 1 aliphatic carbocycles. The highest BCUT2D eigenvalue weighted by Gasteiger charge is 2.24. The monoisotopic (exact) mass is 199 g/mol. The highest BCUT2D eigenvalue weighted by Crippen LogP contribution is 2.22. The highest BCUT2D eigenvalue weighted by molar-refractivity contribution is 5.78. The quantitative estimate of drug-likeness (QED) is 0.556. The van der Waals surface area contributed by atoms with Gasteiger partial charge >= 0.3 is 0 Å². The molecule has 14 heavy (non-hydrogen) atoms. The molecule has 0 heterocycles. The topological polar surface area (TPSA) is 81.1 Å². The van der Waals surface area contributed by atoms with Crippen molar-refractivity contribution >= 4 is 5.91 Å². The van der Waals surface area contributed by atoms with Crippen LogP contribution in [0.3, 0.4) is 0 Å². The number of hydrogen-bond acceptors (Lipinski definition) is 3. The van der Waals surface area contributed by atoms with E-state index in [-0.39, 0.29) is 17.9 Å². The summed E-state index contributed by atoms with van der Waals surface area (Å²) in [5.74, 6) is 0.296. The molecule has 2 unspecified atom stereocenters. The molecule has 82 valence electrons. The van der Waals surface area contributed by atoms with Crippen LogP contribution in [0.2, 0.25) is 0 Å². The highest BCUT2D eigenvalue weighted by atomic mass is 16.1. The van der Waals surface area contributed by atoms with Gasteiger partial charge in [-0.25, -0.2) is 0 Å². The Balaban J connectivity index is 2.22. The molecule has 0 aliphatic heterocycles. The van der Waals surface area contributed by atoms with Gasteiger partial charge < -0.3 is 16.8 Å². The van der Waals surface area contributed by atoms with Crippen molar-refractivity contribution in [2.45, 2.75) is 38.1 Å². The number of rotatable bonds is 4. The molecular weight excluding hydrogens is 178 g/mol. The van der Waals surface area contributed by atoms with Crippen LogP contribution in [0.5, 0.6) is 0 Å². The van der Waals surface area contributed by atoms with Crippen LogP contribution in [-0.2, 0) is 4.79 Å². The van der Waals surface area contributed by atoms with Crippen LogP contribution in [0, 0.1) is 5.92 Å². The Morgan fingerprint density at radius 2 is 2.21 bits per heavy atom. The lowest BCUT2D eigenvalue weighted by Crippen LogP contribution is -2.38. The summed E-state index contributed by atoms with van der Waals surface area (Å²) in [6, 6.07) is 0.217. The lowest BCUT2D eigenvalue weighted by Gasteiger charge is -2.25. The van der Waals surface area contributed by atoms with Crippen molar-refractivity contribution in [2.24, 2.45) is 17.4 Å². The van der Waals surface area contributed by atoms with Crippen LogP contribution >= 0.6 is 0 Å². The first-order valence-corrected chi connectivity index (χ1v) is 5.47. The standard InChI is InChI=1S/C10H21N3O/c11-5-2-6-13-10(14)8-3-1-4-9(12)7-8/h8-9H,1-7,11-12H2,(H,13,14). The maximum Gasteiger partial charge on any atom is 0.223 e. The summed E-state index contributed by atoms with van der Waals surface area (Å²) in [5, 5.41) is 2.90. The zero-order chi connectivity index (χ0) is 10.4. The minimum atomic E-state index is 0.136. The SMILES string of the molecule is NCCCNC(=O)C1CCCC(N)C1. The van der Waals surface area contributed by atoms with E-state index in [4.69, 9.17) is 11.5 Å². The van der Waals surface area contributed by atoms with Gasteiger partial charge in [0, 0.05) is 18.5 Å². The molecule has 5 N–H and O–H groups in total. The van der Waals surface area contributed by atoms with Crippen LogP contribution < -0.4 is 16.8 Å². The van der Waals surface area contributed by atoms with Gasteiger partial charge in [0.1, 0.15) is 0 Å². The molecule has 1 rings (SSSR count). The number of carbonyl (C=O) groups excluding carboxylic acids is 1. The van der Waals surface area contributed by atoms with Crippen molar-refractivity contribution in [1.29, 1.82) is 0 Å². The zero-order valence-corrected chi connectivity index (χ0v) is 8.67. The smallest absolute Gasteiger partial charge is 0.223 e. The summed E-state index contributed by atoms with van der Waals surface area (Å²) in [4.78, 5) is 11.6. The molecule has 1 saturated carbocycles. The second-order valence-corrected chi connectivity index (χ2v) is 4.06. The molecule has 0 aromatic heterocycles. The normalized spacial score (nSPS) is 27.3. The Morgan fingerprint density at radius 1 is 1.43 bits per heavy atom. The summed E-state index contributed by atoms with van der Waals surface area (Å²) < 4.78 is 0. The molecule has 0 radical (unpaired) electrons. The van der Waals surface area contributed by atoms with Crippen LogP contribution in [0.25, 0.3) is 0 Å². The summed E-state index contributed by atoms with van der Waals surface area (Å²) >= 11 is 0. The van der Waals surface area contributed by atoms with Crippen molar-refractivity contribution in [3.05, 3.63) is 0 Å². The summed E-state index contributed by atoms with van der Waals surface area (Å²) in [6.07, 6.45) is 4.82. The average Bonchev–Trinajstić information content (AvgIpc) is 2.18. The van der Waals surface area contributed by atoms with Crippen molar-refractivity contribution in [3.63, 3.8) is 0 Å². The van der Waals surface area contributed by atoms with Crippen LogP contribution in [0.4, 0.5) is 0 Å². The fourth-order valence-corrected chi connectivity index (χ4v) is 1.92. The second kappa shape index (κ2) is 5.98. The van der Waals surface area contributed by atoms with E-state index < -0.39 is 0 Å². The van der Waals surface area contributed by atoms with Gasteiger partial charge in [0.15, 0.2) is 0 Å². The third-order valence-electron chi connectivity index (χ3n) is 2.77. The van der Waals surface area contributed by atoms with Crippen molar-refractivity contribution in [3.8, 4) is 0 Å². The van der Waals surface area contributed by atoms with E-state index in [1.54, 1.807) is 0 Å². The number of hydrogen-bond donors (Lipinski definition) is 3. The van der Waals surface area contributed by atoms with E-state index in [1.807, 2.05) is 0 Å². The number of amides is 1. The van der Waals surface area contributed by atoms with Gasteiger partial charge in [-0.05, 0) is 32.2 Å². The second-order valence-electron chi connectivity index (χ2n) is 4.06. The Kier molecular flexibility index (Phi) is 4.90. The summed E-state index contributed by atoms with van der Waals surface area (Å²) in [7, 11) is 0. The molecule has 0 spiro atoms. The number of carbonyl (C=O) groups is 1. The third-order valence-corrected chi connectivity index (χ3v) is 2.77. The molecule has 1 fully saturated rings. The largest absolute Gasteiger partial charge is 0.356 e. The predicted octanol–water partition coefficient (Wildman–Crippen LogP) is -0.0311. The van der Waals surface area contributed by atoms with Gasteiger partial charge in [-0.3, -0.25) is 4.79 Å². The van der Waals surface area contributed by atoms with Crippen LogP contribution in [0.15, 0.2) is 0 Å². The first kappa shape index (κ1) is 11.5. The first-order valence-electron chi connectivity index (χ1n) is 5.47.